The van der Waals surface area contributed by atoms with Crippen LogP contribution in [0.3, 0.4) is 0 Å². The van der Waals surface area contributed by atoms with E-state index in [1.807, 2.05) is 48.7 Å². The van der Waals surface area contributed by atoms with Gasteiger partial charge in [-0.15, -0.1) is 0 Å². The largest absolute Gasteiger partial charge is 0.508 e. The number of nitrogens with one attached hydrogen (secondary N) is 1. The lowest BCUT2D eigenvalue weighted by Crippen LogP contribution is -2.15. The molecule has 0 bridgehead atoms. The SMILES string of the molecule is NC(=O)c1c(CCc2ccc(O)cc2)n[nH]c1Cc1ccc(-n2cccn2)cc1. The summed E-state index contributed by atoms with van der Waals surface area (Å²) in [6, 6.07) is 16.8. The summed E-state index contributed by atoms with van der Waals surface area (Å²) in [5.74, 6) is -0.255. The third-order valence-corrected chi connectivity index (χ3v) is 4.84. The standard InChI is InChI=1S/C22H21N5O2/c23-22(29)21-19(11-6-15-4-9-18(28)10-5-15)25-26-20(21)14-16-2-7-17(8-3-16)27-13-1-12-24-27/h1-5,7-10,12-13,28H,6,11,14H2,(H2,23,29)(H,25,26). The van der Waals surface area contributed by atoms with Gasteiger partial charge in [-0.25, -0.2) is 4.68 Å². The molecule has 1 amide bonds. The lowest BCUT2D eigenvalue weighted by Gasteiger charge is -2.05. The summed E-state index contributed by atoms with van der Waals surface area (Å²) >= 11 is 0. The van der Waals surface area contributed by atoms with Crippen LogP contribution in [0.4, 0.5) is 0 Å². The van der Waals surface area contributed by atoms with Crippen molar-refractivity contribution in [2.24, 2.45) is 5.73 Å². The Balaban J connectivity index is 1.50. The Morgan fingerprint density at radius 3 is 2.41 bits per heavy atom. The van der Waals surface area contributed by atoms with Crippen LogP contribution in [0.5, 0.6) is 5.75 Å². The second kappa shape index (κ2) is 8.02. The van der Waals surface area contributed by atoms with E-state index in [9.17, 15) is 9.90 Å². The monoisotopic (exact) mass is 387 g/mol. The molecule has 0 aliphatic heterocycles. The molecule has 0 radical (unpaired) electrons. The van der Waals surface area contributed by atoms with E-state index >= 15 is 0 Å². The minimum Gasteiger partial charge on any atom is -0.508 e. The number of aryl methyl sites for hydroxylation is 2. The van der Waals surface area contributed by atoms with Crippen LogP contribution in [0.2, 0.25) is 0 Å². The highest BCUT2D eigenvalue weighted by atomic mass is 16.3. The summed E-state index contributed by atoms with van der Waals surface area (Å²) in [5.41, 5.74) is 10.5. The van der Waals surface area contributed by atoms with Crippen molar-refractivity contribution in [1.29, 1.82) is 0 Å². The second-order valence-corrected chi connectivity index (χ2v) is 6.85. The molecule has 0 aliphatic rings. The number of H-pyrrole nitrogens is 1. The number of hydrogen-bond acceptors (Lipinski definition) is 4. The summed E-state index contributed by atoms with van der Waals surface area (Å²) in [6.45, 7) is 0. The number of carbonyl (C=O) groups excluding carboxylic acids is 1. The number of amides is 1. The molecule has 29 heavy (non-hydrogen) atoms. The van der Waals surface area contributed by atoms with Crippen molar-refractivity contribution in [2.45, 2.75) is 19.3 Å². The smallest absolute Gasteiger partial charge is 0.252 e. The van der Waals surface area contributed by atoms with Gasteiger partial charge in [0.2, 0.25) is 0 Å². The van der Waals surface area contributed by atoms with Gasteiger partial charge in [0.05, 0.1) is 22.6 Å². The Bertz CT molecular complexity index is 1100. The number of aromatic amines is 1. The Kier molecular flexibility index (Phi) is 5.11. The van der Waals surface area contributed by atoms with Crippen molar-refractivity contribution in [3.8, 4) is 11.4 Å². The molecule has 2 heterocycles. The topological polar surface area (TPSA) is 110 Å². The van der Waals surface area contributed by atoms with Crippen LogP contribution >= 0.6 is 0 Å². The number of rotatable bonds is 7. The molecule has 4 rings (SSSR count). The summed E-state index contributed by atoms with van der Waals surface area (Å²) in [4.78, 5) is 12.1. The van der Waals surface area contributed by atoms with Crippen LogP contribution in [0.15, 0.2) is 67.0 Å². The van der Waals surface area contributed by atoms with E-state index in [4.69, 9.17) is 5.73 Å². The zero-order chi connectivity index (χ0) is 20.2. The number of phenols is 1. The van der Waals surface area contributed by atoms with E-state index in [1.165, 1.54) is 0 Å². The Hall–Kier alpha value is -3.87. The molecule has 4 N–H and O–H groups in total. The fraction of sp³-hybridized carbons (Fsp3) is 0.136. The maximum Gasteiger partial charge on any atom is 0.252 e. The van der Waals surface area contributed by atoms with Gasteiger partial charge < -0.3 is 10.8 Å². The van der Waals surface area contributed by atoms with Crippen molar-refractivity contribution in [3.63, 3.8) is 0 Å². The number of benzene rings is 2. The van der Waals surface area contributed by atoms with Crippen LogP contribution < -0.4 is 5.73 Å². The van der Waals surface area contributed by atoms with Crippen LogP contribution in [0.25, 0.3) is 5.69 Å². The maximum absolute atomic E-state index is 12.1. The molecule has 0 saturated carbocycles. The predicted octanol–water partition coefficient (Wildman–Crippen LogP) is 2.78. The Morgan fingerprint density at radius 1 is 1.03 bits per heavy atom. The van der Waals surface area contributed by atoms with Crippen molar-refractivity contribution in [1.82, 2.24) is 20.0 Å². The van der Waals surface area contributed by atoms with Gasteiger partial charge in [-0.1, -0.05) is 24.3 Å². The Morgan fingerprint density at radius 2 is 1.76 bits per heavy atom. The fourth-order valence-corrected chi connectivity index (χ4v) is 3.34. The number of nitrogens with zero attached hydrogens (tertiary/aromatic N) is 3. The van der Waals surface area contributed by atoms with Gasteiger partial charge in [0, 0.05) is 18.8 Å². The maximum atomic E-state index is 12.1. The first kappa shape index (κ1) is 18.5. The number of hydrogen-bond donors (Lipinski definition) is 3. The number of aromatic nitrogens is 4. The summed E-state index contributed by atoms with van der Waals surface area (Å²) in [5, 5.41) is 20.9. The van der Waals surface area contributed by atoms with Crippen LogP contribution in [-0.4, -0.2) is 31.0 Å². The highest BCUT2D eigenvalue weighted by Gasteiger charge is 2.18. The zero-order valence-corrected chi connectivity index (χ0v) is 15.7. The lowest BCUT2D eigenvalue weighted by molar-refractivity contribution is 0.0998. The molecule has 2 aromatic heterocycles. The van der Waals surface area contributed by atoms with Gasteiger partial charge in [0.25, 0.3) is 5.91 Å². The van der Waals surface area contributed by atoms with Gasteiger partial charge >= 0.3 is 0 Å². The molecule has 2 aromatic carbocycles. The fourth-order valence-electron chi connectivity index (χ4n) is 3.34. The first-order chi connectivity index (χ1) is 14.1. The van der Waals surface area contributed by atoms with E-state index in [0.29, 0.717) is 36.2 Å². The van der Waals surface area contributed by atoms with Crippen molar-refractivity contribution >= 4 is 5.91 Å². The molecule has 0 aliphatic carbocycles. The molecule has 7 heteroatoms. The number of carbonyl (C=O) groups is 1. The van der Waals surface area contributed by atoms with Crippen LogP contribution in [-0.2, 0) is 19.3 Å². The molecule has 0 unspecified atom stereocenters. The van der Waals surface area contributed by atoms with E-state index in [0.717, 1.165) is 16.8 Å². The first-order valence-corrected chi connectivity index (χ1v) is 9.33. The number of primary amides is 1. The van der Waals surface area contributed by atoms with Gasteiger partial charge in [0.1, 0.15) is 5.75 Å². The van der Waals surface area contributed by atoms with Crippen LogP contribution in [0, 0.1) is 0 Å². The van der Waals surface area contributed by atoms with Crippen molar-refractivity contribution in [3.05, 3.63) is 95.1 Å². The van der Waals surface area contributed by atoms with Crippen LogP contribution in [0.1, 0.15) is 32.9 Å². The molecule has 4 aromatic rings. The van der Waals surface area contributed by atoms with Gasteiger partial charge in [0.15, 0.2) is 0 Å². The molecular formula is C22H21N5O2. The third kappa shape index (κ3) is 4.19. The molecule has 146 valence electrons. The van der Waals surface area contributed by atoms with E-state index in [2.05, 4.69) is 15.3 Å². The molecule has 7 nitrogen and oxygen atoms in total. The third-order valence-electron chi connectivity index (χ3n) is 4.84. The Labute approximate surface area is 167 Å². The molecular weight excluding hydrogens is 366 g/mol. The normalized spacial score (nSPS) is 10.9. The summed E-state index contributed by atoms with van der Waals surface area (Å²) < 4.78 is 1.79. The van der Waals surface area contributed by atoms with Crippen molar-refractivity contribution < 1.29 is 9.90 Å². The highest BCUT2D eigenvalue weighted by molar-refractivity contribution is 5.95. The molecule has 0 atom stereocenters. The average Bonchev–Trinajstić information content (AvgIpc) is 3.38. The first-order valence-electron chi connectivity index (χ1n) is 9.33. The molecule has 0 spiro atoms. The lowest BCUT2D eigenvalue weighted by atomic mass is 10.0. The highest BCUT2D eigenvalue weighted by Crippen LogP contribution is 2.19. The average molecular weight is 387 g/mol. The quantitative estimate of drug-likeness (QED) is 0.453. The number of nitrogens with two attached hydrogens (primary N) is 1. The zero-order valence-electron chi connectivity index (χ0n) is 15.7. The van der Waals surface area contributed by atoms with Crippen molar-refractivity contribution in [2.75, 3.05) is 0 Å². The minimum atomic E-state index is -0.484. The van der Waals surface area contributed by atoms with Gasteiger partial charge in [-0.3, -0.25) is 9.89 Å². The number of aromatic hydroxyl groups is 1. The van der Waals surface area contributed by atoms with E-state index in [1.54, 1.807) is 23.0 Å². The summed E-state index contributed by atoms with van der Waals surface area (Å²) in [6.07, 6.45) is 5.43. The minimum absolute atomic E-state index is 0.229. The summed E-state index contributed by atoms with van der Waals surface area (Å²) in [7, 11) is 0. The van der Waals surface area contributed by atoms with E-state index < -0.39 is 5.91 Å². The van der Waals surface area contributed by atoms with Gasteiger partial charge in [-0.2, -0.15) is 10.2 Å². The predicted molar refractivity (Wildman–Crippen MR) is 109 cm³/mol. The second-order valence-electron chi connectivity index (χ2n) is 6.85. The number of phenolic OH excluding ortho intramolecular Hbond substituents is 1. The van der Waals surface area contributed by atoms with E-state index in [-0.39, 0.29) is 5.75 Å². The molecule has 0 saturated heterocycles. The molecule has 0 fully saturated rings. The van der Waals surface area contributed by atoms with Gasteiger partial charge in [-0.05, 0) is 54.3 Å².